The maximum Gasteiger partial charge on any atom is 0.519 e. The maximum atomic E-state index is 13.2. The second-order valence-corrected chi connectivity index (χ2v) is 7.79. The molecule has 0 atom stereocenters. The van der Waals surface area contributed by atoms with E-state index in [-0.39, 0.29) is 18.2 Å². The van der Waals surface area contributed by atoms with Crippen LogP contribution in [0.1, 0.15) is 5.76 Å². The monoisotopic (exact) mass is 472 g/mol. The van der Waals surface area contributed by atoms with E-state index in [1.54, 1.807) is 18.2 Å². The molecule has 0 spiro atoms. The Hall–Kier alpha value is -1.99. The average Bonchev–Trinajstić information content (AvgIpc) is 3.07. The summed E-state index contributed by atoms with van der Waals surface area (Å²) in [5, 5.41) is 1.25. The quantitative estimate of drug-likeness (QED) is 0.514. The van der Waals surface area contributed by atoms with Crippen molar-refractivity contribution in [2.24, 2.45) is 0 Å². The van der Waals surface area contributed by atoms with Crippen LogP contribution in [0.2, 0.25) is 10.0 Å². The molecule has 30 heavy (non-hydrogen) atoms. The number of anilines is 1. The molecule has 4 rings (SSSR count). The molecule has 9 heteroatoms. The Balaban J connectivity index is 0.00000256. The molecule has 1 aromatic heterocycles. The van der Waals surface area contributed by atoms with Crippen molar-refractivity contribution in [1.29, 1.82) is 0 Å². The largest absolute Gasteiger partial charge is 0.519 e. The third-order valence-electron chi connectivity index (χ3n) is 4.99. The predicted octanol–water partition coefficient (Wildman–Crippen LogP) is 5.13. The van der Waals surface area contributed by atoms with Gasteiger partial charge in [-0.3, -0.25) is 4.90 Å². The fourth-order valence-corrected chi connectivity index (χ4v) is 4.02. The number of benzene rings is 2. The number of hydrogen-bond donors (Lipinski definition) is 0. The number of piperazine rings is 1. The Bertz CT molecular complexity index is 1020. The van der Waals surface area contributed by atoms with Crippen LogP contribution in [0.3, 0.4) is 0 Å². The first kappa shape index (κ1) is 22.7. The van der Waals surface area contributed by atoms with E-state index in [4.69, 9.17) is 32.0 Å². The highest BCUT2D eigenvalue weighted by atomic mass is 35.5. The first-order chi connectivity index (χ1) is 14.0. The molecule has 0 bridgehead atoms. The molecule has 3 aromatic rings. The summed E-state index contributed by atoms with van der Waals surface area (Å²) < 4.78 is 23.6. The lowest BCUT2D eigenvalue weighted by Gasteiger charge is -2.36. The molecule has 1 aliphatic rings. The Kier molecular flexibility index (Phi) is 7.47. The van der Waals surface area contributed by atoms with Crippen molar-refractivity contribution in [2.45, 2.75) is 6.42 Å². The van der Waals surface area contributed by atoms with E-state index in [2.05, 4.69) is 9.80 Å². The summed E-state index contributed by atoms with van der Waals surface area (Å²) in [5.41, 5.74) is 1.64. The van der Waals surface area contributed by atoms with Crippen molar-refractivity contribution in [3.63, 3.8) is 0 Å². The van der Waals surface area contributed by atoms with Gasteiger partial charge in [-0.2, -0.15) is 0 Å². The van der Waals surface area contributed by atoms with Gasteiger partial charge < -0.3 is 13.7 Å². The van der Waals surface area contributed by atoms with Crippen molar-refractivity contribution in [1.82, 2.24) is 4.90 Å². The zero-order valence-electron chi connectivity index (χ0n) is 15.9. The summed E-state index contributed by atoms with van der Waals surface area (Å²) in [5.74, 6) is -0.255. The molecule has 1 aliphatic heterocycles. The zero-order chi connectivity index (χ0) is 20.4. The van der Waals surface area contributed by atoms with Crippen molar-refractivity contribution in [3.8, 4) is 11.3 Å². The summed E-state index contributed by atoms with van der Waals surface area (Å²) in [6.07, 6.45) is 0.529. The van der Waals surface area contributed by atoms with Crippen molar-refractivity contribution < 1.29 is 13.2 Å². The molecule has 0 radical (unpaired) electrons. The Morgan fingerprint density at radius 3 is 2.20 bits per heavy atom. The van der Waals surface area contributed by atoms with Gasteiger partial charge in [0.1, 0.15) is 5.82 Å². The standard InChI is InChI=1S/C21H19Cl2FN2O3.ClH/c22-15-11-16(23)13-18(12-15)26-9-7-25(8-10-26)6-5-19-20(29-21(27)28-19)14-1-3-17(24)4-2-14;/h1-4,11-13H,5-10H2;1H. The highest BCUT2D eigenvalue weighted by molar-refractivity contribution is 6.35. The number of halogens is 4. The second kappa shape index (κ2) is 9.88. The van der Waals surface area contributed by atoms with Crippen LogP contribution in [0.5, 0.6) is 0 Å². The molecule has 0 saturated carbocycles. The van der Waals surface area contributed by atoms with E-state index in [9.17, 15) is 9.18 Å². The average molecular weight is 474 g/mol. The first-order valence-corrected chi connectivity index (χ1v) is 10.1. The van der Waals surface area contributed by atoms with Crippen LogP contribution >= 0.6 is 35.6 Å². The number of nitrogens with zero attached hydrogens (tertiary/aromatic N) is 2. The minimum atomic E-state index is -0.748. The zero-order valence-corrected chi connectivity index (χ0v) is 18.3. The van der Waals surface area contributed by atoms with Gasteiger partial charge >= 0.3 is 5.82 Å². The lowest BCUT2D eigenvalue weighted by Crippen LogP contribution is -2.47. The summed E-state index contributed by atoms with van der Waals surface area (Å²) in [4.78, 5) is 16.2. The molecule has 1 fully saturated rings. The maximum absolute atomic E-state index is 13.2. The molecule has 0 aliphatic carbocycles. The van der Waals surface area contributed by atoms with Crippen molar-refractivity contribution in [3.05, 3.63) is 74.7 Å². The minimum Gasteiger partial charge on any atom is -0.395 e. The minimum absolute atomic E-state index is 0. The smallest absolute Gasteiger partial charge is 0.395 e. The van der Waals surface area contributed by atoms with E-state index < -0.39 is 5.82 Å². The molecule has 0 amide bonds. The van der Waals surface area contributed by atoms with Crippen LogP contribution in [-0.4, -0.2) is 37.6 Å². The van der Waals surface area contributed by atoms with E-state index >= 15 is 0 Å². The summed E-state index contributed by atoms with van der Waals surface area (Å²) in [6, 6.07) is 11.3. The molecule has 1 saturated heterocycles. The van der Waals surface area contributed by atoms with Gasteiger partial charge in [0.25, 0.3) is 0 Å². The van der Waals surface area contributed by atoms with Crippen molar-refractivity contribution >= 4 is 41.3 Å². The summed E-state index contributed by atoms with van der Waals surface area (Å²) in [6.45, 7) is 4.13. The Morgan fingerprint density at radius 2 is 1.57 bits per heavy atom. The lowest BCUT2D eigenvalue weighted by molar-refractivity contribution is 0.254. The fraction of sp³-hybridized carbons (Fsp3) is 0.286. The topological polar surface area (TPSA) is 49.8 Å². The highest BCUT2D eigenvalue weighted by Crippen LogP contribution is 2.27. The molecule has 160 valence electrons. The van der Waals surface area contributed by atoms with Crippen LogP contribution in [0.4, 0.5) is 10.1 Å². The van der Waals surface area contributed by atoms with Crippen LogP contribution in [0, 0.1) is 5.82 Å². The van der Waals surface area contributed by atoms with Gasteiger partial charge in [-0.25, -0.2) is 9.18 Å². The Morgan fingerprint density at radius 1 is 0.933 bits per heavy atom. The predicted molar refractivity (Wildman–Crippen MR) is 119 cm³/mol. The fourth-order valence-electron chi connectivity index (χ4n) is 3.50. The lowest BCUT2D eigenvalue weighted by atomic mass is 10.1. The third-order valence-corrected chi connectivity index (χ3v) is 5.43. The van der Waals surface area contributed by atoms with Crippen molar-refractivity contribution in [2.75, 3.05) is 37.6 Å². The van der Waals surface area contributed by atoms with Gasteiger partial charge in [-0.05, 0) is 42.5 Å². The van der Waals surface area contributed by atoms with Gasteiger partial charge in [0, 0.05) is 60.4 Å². The van der Waals surface area contributed by atoms with E-state index in [1.165, 1.54) is 12.1 Å². The molecule has 5 nitrogen and oxygen atoms in total. The van der Waals surface area contributed by atoms with Gasteiger partial charge in [-0.15, -0.1) is 12.4 Å². The molecule has 2 aromatic carbocycles. The first-order valence-electron chi connectivity index (χ1n) is 9.30. The number of rotatable bonds is 5. The molecule has 2 heterocycles. The van der Waals surface area contributed by atoms with E-state index in [0.29, 0.717) is 33.6 Å². The van der Waals surface area contributed by atoms with Gasteiger partial charge in [0.15, 0.2) is 11.5 Å². The van der Waals surface area contributed by atoms with Crippen LogP contribution in [-0.2, 0) is 6.42 Å². The van der Waals surface area contributed by atoms with Gasteiger partial charge in [0.2, 0.25) is 0 Å². The van der Waals surface area contributed by atoms with Gasteiger partial charge in [0.05, 0.1) is 0 Å². The summed E-state index contributed by atoms with van der Waals surface area (Å²) in [7, 11) is 0. The van der Waals surface area contributed by atoms with E-state index in [0.717, 1.165) is 38.4 Å². The molecular weight excluding hydrogens is 454 g/mol. The molecular formula is C21H20Cl3FN2O3. The highest BCUT2D eigenvalue weighted by Gasteiger charge is 2.20. The van der Waals surface area contributed by atoms with Crippen LogP contribution in [0.15, 0.2) is 56.1 Å². The normalized spacial score (nSPS) is 14.6. The molecule has 0 unspecified atom stereocenters. The van der Waals surface area contributed by atoms with Crippen LogP contribution < -0.4 is 10.7 Å². The molecule has 0 N–H and O–H groups in total. The third kappa shape index (κ3) is 5.38. The number of hydrogen-bond acceptors (Lipinski definition) is 5. The second-order valence-electron chi connectivity index (χ2n) is 6.92. The van der Waals surface area contributed by atoms with E-state index in [1.807, 2.05) is 12.1 Å². The van der Waals surface area contributed by atoms with Crippen LogP contribution in [0.25, 0.3) is 11.3 Å². The summed E-state index contributed by atoms with van der Waals surface area (Å²) >= 11 is 12.2. The van der Waals surface area contributed by atoms with Gasteiger partial charge in [-0.1, -0.05) is 23.2 Å². The SMILES string of the molecule is Cl.O=c1oc(CCN2CCN(c3cc(Cl)cc(Cl)c3)CC2)c(-c2ccc(F)cc2)o1. The Labute approximate surface area is 189 Å².